The summed E-state index contributed by atoms with van der Waals surface area (Å²) in [5, 5.41) is 13.9. The van der Waals surface area contributed by atoms with Gasteiger partial charge in [-0.05, 0) is 36.6 Å². The Hall–Kier alpha value is -3.30. The van der Waals surface area contributed by atoms with Crippen LogP contribution in [-0.4, -0.2) is 43.2 Å². The van der Waals surface area contributed by atoms with Crippen LogP contribution in [0.25, 0.3) is 0 Å². The summed E-state index contributed by atoms with van der Waals surface area (Å²) < 4.78 is 41.6. The highest BCUT2D eigenvalue weighted by Crippen LogP contribution is 2.27. The maximum Gasteiger partial charge on any atom is 0.422 e. The van der Waals surface area contributed by atoms with Gasteiger partial charge in [-0.15, -0.1) is 0 Å². The number of anilines is 1. The Morgan fingerprint density at radius 3 is 2.63 bits per heavy atom. The molecule has 2 aromatic rings. The van der Waals surface area contributed by atoms with Gasteiger partial charge in [0, 0.05) is 31.4 Å². The van der Waals surface area contributed by atoms with E-state index in [1.165, 1.54) is 0 Å². The van der Waals surface area contributed by atoms with Gasteiger partial charge >= 0.3 is 6.18 Å². The first kappa shape index (κ1) is 21.4. The molecule has 30 heavy (non-hydrogen) atoms. The second-order valence-corrected chi connectivity index (χ2v) is 6.99. The number of amides is 1. The van der Waals surface area contributed by atoms with E-state index in [4.69, 9.17) is 0 Å². The summed E-state index contributed by atoms with van der Waals surface area (Å²) in [6, 6.07) is 12.8. The number of nitro groups is 1. The van der Waals surface area contributed by atoms with Gasteiger partial charge in [0.25, 0.3) is 11.6 Å². The minimum absolute atomic E-state index is 0.151. The molecule has 10 heteroatoms. The first-order chi connectivity index (χ1) is 14.2. The van der Waals surface area contributed by atoms with Crippen molar-refractivity contribution in [2.75, 3.05) is 31.1 Å². The lowest BCUT2D eigenvalue weighted by atomic mass is 10.1. The van der Waals surface area contributed by atoms with Crippen LogP contribution in [0.4, 0.5) is 24.5 Å². The van der Waals surface area contributed by atoms with Gasteiger partial charge in [0.05, 0.1) is 4.92 Å². The Labute approximate surface area is 170 Å². The van der Waals surface area contributed by atoms with Crippen LogP contribution in [0.1, 0.15) is 16.8 Å². The molecule has 1 aliphatic rings. The summed E-state index contributed by atoms with van der Waals surface area (Å²) in [5.74, 6) is -0.839. The highest BCUT2D eigenvalue weighted by atomic mass is 19.4. The van der Waals surface area contributed by atoms with E-state index in [0.29, 0.717) is 6.54 Å². The molecule has 0 bridgehead atoms. The molecule has 1 aliphatic heterocycles. The largest absolute Gasteiger partial charge is 0.484 e. The number of carbonyl (C=O) groups is 1. The van der Waals surface area contributed by atoms with Crippen molar-refractivity contribution >= 4 is 17.3 Å². The predicted octanol–water partition coefficient (Wildman–Crippen LogP) is 3.79. The van der Waals surface area contributed by atoms with E-state index in [0.717, 1.165) is 43.4 Å². The van der Waals surface area contributed by atoms with E-state index < -0.39 is 29.3 Å². The molecule has 0 saturated carbocycles. The lowest BCUT2D eigenvalue weighted by Gasteiger charge is -2.18. The molecule has 1 heterocycles. The standard InChI is InChI=1S/C20H20F3N3O4/c21-20(22,23)13-30-16-6-7-18(26(28)29)17(10-16)19(27)24-11-14-8-9-25(12-14)15-4-2-1-3-5-15/h1-7,10,14H,8-9,11-13H2,(H,24,27). The third-order valence-electron chi connectivity index (χ3n) is 4.77. The predicted molar refractivity (Wildman–Crippen MR) is 104 cm³/mol. The van der Waals surface area contributed by atoms with Crippen LogP contribution in [-0.2, 0) is 0 Å². The molecule has 7 nitrogen and oxygen atoms in total. The van der Waals surface area contributed by atoms with Crippen LogP contribution in [0, 0.1) is 16.0 Å². The fraction of sp³-hybridized carbons (Fsp3) is 0.350. The Bertz CT molecular complexity index is 906. The summed E-state index contributed by atoms with van der Waals surface area (Å²) in [6.07, 6.45) is -3.72. The van der Waals surface area contributed by atoms with Gasteiger partial charge in [-0.25, -0.2) is 0 Å². The maximum atomic E-state index is 12.5. The molecule has 0 aromatic heterocycles. The quantitative estimate of drug-likeness (QED) is 0.541. The van der Waals surface area contributed by atoms with Crippen molar-refractivity contribution in [3.63, 3.8) is 0 Å². The highest BCUT2D eigenvalue weighted by Gasteiger charge is 2.29. The number of rotatable bonds is 7. The smallest absolute Gasteiger partial charge is 0.422 e. The molecule has 1 amide bonds. The van der Waals surface area contributed by atoms with Gasteiger partial charge in [0.1, 0.15) is 11.3 Å². The number of nitrogens with zero attached hydrogens (tertiary/aromatic N) is 2. The summed E-state index contributed by atoms with van der Waals surface area (Å²) in [5.41, 5.74) is 0.248. The molecule has 3 rings (SSSR count). The summed E-state index contributed by atoms with van der Waals surface area (Å²) >= 11 is 0. The van der Waals surface area contributed by atoms with Crippen molar-refractivity contribution in [3.05, 3.63) is 64.2 Å². The number of nitro benzene ring substituents is 1. The molecule has 1 saturated heterocycles. The Kier molecular flexibility index (Phi) is 6.43. The van der Waals surface area contributed by atoms with Crippen molar-refractivity contribution in [2.45, 2.75) is 12.6 Å². The number of nitrogens with one attached hydrogen (secondary N) is 1. The highest BCUT2D eigenvalue weighted by molar-refractivity contribution is 5.98. The van der Waals surface area contributed by atoms with Crippen molar-refractivity contribution in [1.29, 1.82) is 0 Å². The summed E-state index contributed by atoms with van der Waals surface area (Å²) in [6.45, 7) is 0.294. The molecule has 1 unspecified atom stereocenters. The molecule has 0 spiro atoms. The number of benzene rings is 2. The number of hydrogen-bond donors (Lipinski definition) is 1. The number of ether oxygens (including phenoxy) is 1. The van der Waals surface area contributed by atoms with Crippen LogP contribution in [0.5, 0.6) is 5.75 Å². The molecule has 2 aromatic carbocycles. The van der Waals surface area contributed by atoms with E-state index >= 15 is 0 Å². The van der Waals surface area contributed by atoms with E-state index in [-0.39, 0.29) is 17.2 Å². The molecule has 160 valence electrons. The van der Waals surface area contributed by atoms with Crippen LogP contribution < -0.4 is 15.0 Å². The van der Waals surface area contributed by atoms with Crippen molar-refractivity contribution in [2.24, 2.45) is 5.92 Å². The number of halogens is 3. The lowest BCUT2D eigenvalue weighted by Crippen LogP contribution is -2.31. The van der Waals surface area contributed by atoms with Gasteiger partial charge in [-0.2, -0.15) is 13.2 Å². The number of para-hydroxylation sites is 1. The Morgan fingerprint density at radius 2 is 1.97 bits per heavy atom. The van der Waals surface area contributed by atoms with Gasteiger partial charge < -0.3 is 15.0 Å². The number of carbonyl (C=O) groups excluding carboxylic acids is 1. The molecule has 1 N–H and O–H groups in total. The van der Waals surface area contributed by atoms with Crippen LogP contribution in [0.2, 0.25) is 0 Å². The summed E-state index contributed by atoms with van der Waals surface area (Å²) in [7, 11) is 0. The average Bonchev–Trinajstić information content (AvgIpc) is 3.19. The number of alkyl halides is 3. The zero-order valence-electron chi connectivity index (χ0n) is 15.9. The molecule has 0 aliphatic carbocycles. The average molecular weight is 423 g/mol. The van der Waals surface area contributed by atoms with Gasteiger partial charge in [-0.1, -0.05) is 18.2 Å². The maximum absolute atomic E-state index is 12.5. The zero-order chi connectivity index (χ0) is 21.7. The first-order valence-corrected chi connectivity index (χ1v) is 9.29. The monoisotopic (exact) mass is 423 g/mol. The minimum Gasteiger partial charge on any atom is -0.484 e. The SMILES string of the molecule is O=C(NCC1CCN(c2ccccc2)C1)c1cc(OCC(F)(F)F)ccc1[N+](=O)[O-]. The Morgan fingerprint density at radius 1 is 1.23 bits per heavy atom. The first-order valence-electron chi connectivity index (χ1n) is 9.29. The van der Waals surface area contributed by atoms with Crippen molar-refractivity contribution in [3.8, 4) is 5.75 Å². The lowest BCUT2D eigenvalue weighted by molar-refractivity contribution is -0.385. The molecule has 1 fully saturated rings. The number of hydrogen-bond acceptors (Lipinski definition) is 5. The fourth-order valence-electron chi connectivity index (χ4n) is 3.32. The van der Waals surface area contributed by atoms with Crippen molar-refractivity contribution in [1.82, 2.24) is 5.32 Å². The topological polar surface area (TPSA) is 84.7 Å². The van der Waals surface area contributed by atoms with Gasteiger partial charge in [0.2, 0.25) is 0 Å². The third kappa shape index (κ3) is 5.62. The van der Waals surface area contributed by atoms with Gasteiger partial charge in [0.15, 0.2) is 6.61 Å². The second-order valence-electron chi connectivity index (χ2n) is 6.99. The van der Waals surface area contributed by atoms with Gasteiger partial charge in [-0.3, -0.25) is 14.9 Å². The van der Waals surface area contributed by atoms with Crippen LogP contribution in [0.3, 0.4) is 0 Å². The molecule has 1 atom stereocenters. The zero-order valence-corrected chi connectivity index (χ0v) is 15.9. The third-order valence-corrected chi connectivity index (χ3v) is 4.77. The Balaban J connectivity index is 1.63. The van der Waals surface area contributed by atoms with E-state index in [2.05, 4.69) is 15.0 Å². The van der Waals surface area contributed by atoms with E-state index in [9.17, 15) is 28.1 Å². The molecular formula is C20H20F3N3O4. The normalized spacial score (nSPS) is 16.4. The fourth-order valence-corrected chi connectivity index (χ4v) is 3.32. The molecule has 0 radical (unpaired) electrons. The van der Waals surface area contributed by atoms with Crippen LogP contribution >= 0.6 is 0 Å². The van der Waals surface area contributed by atoms with Crippen molar-refractivity contribution < 1.29 is 27.6 Å². The van der Waals surface area contributed by atoms with Crippen LogP contribution in [0.15, 0.2) is 48.5 Å². The van der Waals surface area contributed by atoms with E-state index in [1.807, 2.05) is 30.3 Å². The minimum atomic E-state index is -4.56. The second kappa shape index (κ2) is 9.02. The molecular weight excluding hydrogens is 403 g/mol. The van der Waals surface area contributed by atoms with E-state index in [1.54, 1.807) is 0 Å². The summed E-state index contributed by atoms with van der Waals surface area (Å²) in [4.78, 5) is 25.2.